The molecule has 3 aromatic rings. The minimum atomic E-state index is -1.01. The summed E-state index contributed by atoms with van der Waals surface area (Å²) in [4.78, 5) is 29.7. The van der Waals surface area contributed by atoms with Crippen LogP contribution >= 0.6 is 0 Å². The molecule has 2 aromatic carbocycles. The Bertz CT molecular complexity index is 1040. The summed E-state index contributed by atoms with van der Waals surface area (Å²) in [7, 11) is 0. The number of aromatic hydroxyl groups is 2. The van der Waals surface area contributed by atoms with Crippen LogP contribution in [0, 0.1) is 5.82 Å². The Morgan fingerprint density at radius 1 is 0.966 bits per heavy atom. The first-order chi connectivity index (χ1) is 13.8. The molecule has 0 bridgehead atoms. The molecule has 4 N–H and O–H groups in total. The second-order valence-electron chi connectivity index (χ2n) is 6.36. The molecule has 0 radical (unpaired) electrons. The van der Waals surface area contributed by atoms with Crippen molar-refractivity contribution in [3.8, 4) is 11.6 Å². The first-order valence-electron chi connectivity index (χ1n) is 8.65. The molecule has 0 saturated carbocycles. The summed E-state index contributed by atoms with van der Waals surface area (Å²) >= 11 is 0. The van der Waals surface area contributed by atoms with E-state index in [0.29, 0.717) is 5.56 Å². The molecule has 29 heavy (non-hydrogen) atoms. The lowest BCUT2D eigenvalue weighted by Gasteiger charge is -2.23. The van der Waals surface area contributed by atoms with E-state index in [1.54, 1.807) is 12.1 Å². The van der Waals surface area contributed by atoms with Gasteiger partial charge in [-0.2, -0.15) is 0 Å². The van der Waals surface area contributed by atoms with Crippen LogP contribution in [-0.2, 0) is 13.1 Å². The third-order valence-electron chi connectivity index (χ3n) is 4.25. The average molecular weight is 395 g/mol. The van der Waals surface area contributed by atoms with Crippen LogP contribution in [0.15, 0.2) is 60.7 Å². The van der Waals surface area contributed by atoms with Gasteiger partial charge in [-0.15, -0.1) is 0 Å². The maximum absolute atomic E-state index is 13.2. The van der Waals surface area contributed by atoms with Gasteiger partial charge in [-0.05, 0) is 29.3 Å². The lowest BCUT2D eigenvalue weighted by molar-refractivity contribution is 0.0723. The van der Waals surface area contributed by atoms with Gasteiger partial charge in [0.1, 0.15) is 11.5 Å². The highest BCUT2D eigenvalue weighted by molar-refractivity contribution is 6.00. The Morgan fingerprint density at radius 2 is 1.55 bits per heavy atom. The standard InChI is InChI=1S/C21H18FN3O4/c22-15-8-6-14(7-9-15)12-25(11-13-4-2-1-3-5-13)21(29)17-10-16(19(23)27)18(26)20(28)24-17/h1-10,26H,11-12H2,(H2,23,27)(H,24,28). The van der Waals surface area contributed by atoms with Gasteiger partial charge >= 0.3 is 0 Å². The first-order valence-corrected chi connectivity index (χ1v) is 8.65. The summed E-state index contributed by atoms with van der Waals surface area (Å²) in [5.74, 6) is -3.67. The highest BCUT2D eigenvalue weighted by Gasteiger charge is 2.23. The smallest absolute Gasteiger partial charge is 0.273 e. The molecular formula is C21H18FN3O4. The van der Waals surface area contributed by atoms with Crippen molar-refractivity contribution in [2.75, 3.05) is 0 Å². The fourth-order valence-electron chi connectivity index (χ4n) is 2.80. The average Bonchev–Trinajstić information content (AvgIpc) is 2.71. The summed E-state index contributed by atoms with van der Waals surface area (Å²) in [5.41, 5.74) is 6.03. The quantitative estimate of drug-likeness (QED) is 0.593. The molecule has 148 valence electrons. The molecule has 0 spiro atoms. The summed E-state index contributed by atoms with van der Waals surface area (Å²) < 4.78 is 13.2. The Hall–Kier alpha value is -3.94. The second-order valence-corrected chi connectivity index (χ2v) is 6.36. The molecular weight excluding hydrogens is 377 g/mol. The summed E-state index contributed by atoms with van der Waals surface area (Å²) in [6.45, 7) is 0.329. The number of hydrogen-bond acceptors (Lipinski definition) is 5. The SMILES string of the molecule is NC(=O)c1cc(C(=O)N(Cc2ccccc2)Cc2ccc(F)cc2)nc(O)c1O. The van der Waals surface area contributed by atoms with Gasteiger partial charge in [0, 0.05) is 13.1 Å². The van der Waals surface area contributed by atoms with E-state index in [1.807, 2.05) is 30.3 Å². The molecule has 0 atom stereocenters. The van der Waals surface area contributed by atoms with Crippen LogP contribution in [0.25, 0.3) is 0 Å². The number of nitrogens with two attached hydrogens (primary N) is 1. The fraction of sp³-hybridized carbons (Fsp3) is 0.0952. The number of carbonyl (C=O) groups excluding carboxylic acids is 2. The summed E-state index contributed by atoms with van der Waals surface area (Å²) in [5, 5.41) is 19.5. The molecule has 0 aliphatic carbocycles. The number of rotatable bonds is 6. The van der Waals surface area contributed by atoms with Crippen molar-refractivity contribution in [1.29, 1.82) is 0 Å². The summed E-state index contributed by atoms with van der Waals surface area (Å²) in [6, 6.07) is 15.9. The fourth-order valence-corrected chi connectivity index (χ4v) is 2.80. The van der Waals surface area contributed by atoms with Gasteiger partial charge in [0.15, 0.2) is 5.75 Å². The third kappa shape index (κ3) is 4.67. The number of pyridine rings is 1. The van der Waals surface area contributed by atoms with E-state index in [0.717, 1.165) is 11.6 Å². The number of aromatic nitrogens is 1. The molecule has 0 aliphatic heterocycles. The van der Waals surface area contributed by atoms with Crippen molar-refractivity contribution in [2.24, 2.45) is 5.73 Å². The first kappa shape index (κ1) is 19.8. The van der Waals surface area contributed by atoms with Crippen LogP contribution in [0.2, 0.25) is 0 Å². The molecule has 8 heteroatoms. The van der Waals surface area contributed by atoms with Gasteiger partial charge in [-0.3, -0.25) is 9.59 Å². The van der Waals surface area contributed by atoms with E-state index in [-0.39, 0.29) is 18.8 Å². The van der Waals surface area contributed by atoms with Crippen LogP contribution in [0.4, 0.5) is 4.39 Å². The number of hydrogen-bond donors (Lipinski definition) is 3. The molecule has 1 aromatic heterocycles. The van der Waals surface area contributed by atoms with E-state index >= 15 is 0 Å². The predicted molar refractivity (Wildman–Crippen MR) is 103 cm³/mol. The number of carbonyl (C=O) groups is 2. The number of amides is 2. The molecule has 2 amide bonds. The largest absolute Gasteiger partial charge is 0.503 e. The van der Waals surface area contributed by atoms with Crippen LogP contribution in [0.5, 0.6) is 11.6 Å². The Kier molecular flexibility index (Phi) is 5.73. The van der Waals surface area contributed by atoms with Crippen molar-refractivity contribution in [3.05, 3.63) is 88.9 Å². The molecule has 0 unspecified atom stereocenters. The lowest BCUT2D eigenvalue weighted by atomic mass is 10.1. The van der Waals surface area contributed by atoms with Gasteiger partial charge in [0.25, 0.3) is 17.7 Å². The van der Waals surface area contributed by atoms with E-state index in [2.05, 4.69) is 4.98 Å². The van der Waals surface area contributed by atoms with Gasteiger partial charge in [-0.25, -0.2) is 9.37 Å². The number of benzene rings is 2. The van der Waals surface area contributed by atoms with E-state index in [9.17, 15) is 24.2 Å². The number of nitrogens with zero attached hydrogens (tertiary/aromatic N) is 2. The maximum atomic E-state index is 13.2. The number of primary amides is 1. The zero-order chi connectivity index (χ0) is 21.0. The van der Waals surface area contributed by atoms with Gasteiger partial charge in [0.2, 0.25) is 0 Å². The molecule has 7 nitrogen and oxygen atoms in total. The lowest BCUT2D eigenvalue weighted by Crippen LogP contribution is -2.31. The maximum Gasteiger partial charge on any atom is 0.273 e. The topological polar surface area (TPSA) is 117 Å². The van der Waals surface area contributed by atoms with Crippen LogP contribution < -0.4 is 5.73 Å². The van der Waals surface area contributed by atoms with Crippen molar-refractivity contribution >= 4 is 11.8 Å². The molecule has 0 aliphatic rings. The predicted octanol–water partition coefficient (Wildman–Crippen LogP) is 2.57. The van der Waals surface area contributed by atoms with Crippen molar-refractivity contribution in [3.63, 3.8) is 0 Å². The van der Waals surface area contributed by atoms with E-state index in [4.69, 9.17) is 5.73 Å². The molecule has 0 fully saturated rings. The molecule has 1 heterocycles. The van der Waals surface area contributed by atoms with Gasteiger partial charge in [-0.1, -0.05) is 42.5 Å². The van der Waals surface area contributed by atoms with Crippen LogP contribution in [-0.4, -0.2) is 31.9 Å². The molecule has 3 rings (SSSR count). The normalized spacial score (nSPS) is 10.5. The van der Waals surface area contributed by atoms with Crippen molar-refractivity contribution in [1.82, 2.24) is 9.88 Å². The Balaban J connectivity index is 1.97. The van der Waals surface area contributed by atoms with Gasteiger partial charge in [0.05, 0.1) is 5.56 Å². The highest BCUT2D eigenvalue weighted by atomic mass is 19.1. The monoisotopic (exact) mass is 395 g/mol. The van der Waals surface area contributed by atoms with Crippen molar-refractivity contribution < 1.29 is 24.2 Å². The minimum Gasteiger partial charge on any atom is -0.503 e. The summed E-state index contributed by atoms with van der Waals surface area (Å²) in [6.07, 6.45) is 0. The second kappa shape index (κ2) is 8.39. The van der Waals surface area contributed by atoms with Crippen LogP contribution in [0.3, 0.4) is 0 Å². The number of halogens is 1. The van der Waals surface area contributed by atoms with E-state index in [1.165, 1.54) is 17.0 Å². The molecule has 0 saturated heterocycles. The van der Waals surface area contributed by atoms with Gasteiger partial charge < -0.3 is 20.8 Å². The van der Waals surface area contributed by atoms with E-state index < -0.39 is 34.8 Å². The third-order valence-corrected chi connectivity index (χ3v) is 4.25. The Morgan fingerprint density at radius 3 is 2.14 bits per heavy atom. The van der Waals surface area contributed by atoms with Crippen LogP contribution in [0.1, 0.15) is 32.0 Å². The highest BCUT2D eigenvalue weighted by Crippen LogP contribution is 2.28. The van der Waals surface area contributed by atoms with Crippen molar-refractivity contribution in [2.45, 2.75) is 13.1 Å². The zero-order valence-corrected chi connectivity index (χ0v) is 15.2. The minimum absolute atomic E-state index is 0.128. The zero-order valence-electron chi connectivity index (χ0n) is 15.2. The Labute approximate surface area is 165 Å².